The molecule has 2 aliphatic rings. The standard InChI is InChI=1S/C14H19BrN4/c15-10-1-4-12(14(16)17)13(9-10)19-7-5-18(6-8-19)11-2-3-11/h1,4,9,11H,2-3,5-8H2,(H3,16,17). The molecule has 1 heterocycles. The van der Waals surface area contributed by atoms with Crippen LogP contribution in [-0.4, -0.2) is 43.0 Å². The largest absolute Gasteiger partial charge is 0.384 e. The minimum absolute atomic E-state index is 0.145. The summed E-state index contributed by atoms with van der Waals surface area (Å²) in [5.41, 5.74) is 7.60. The minimum Gasteiger partial charge on any atom is -0.384 e. The number of hydrogen-bond donors (Lipinski definition) is 2. The first-order valence-corrected chi connectivity index (χ1v) is 7.57. The zero-order valence-electron chi connectivity index (χ0n) is 10.9. The van der Waals surface area contributed by atoms with E-state index in [9.17, 15) is 0 Å². The molecule has 102 valence electrons. The van der Waals surface area contributed by atoms with Crippen LogP contribution in [0.3, 0.4) is 0 Å². The van der Waals surface area contributed by atoms with Gasteiger partial charge in [0, 0.05) is 47.9 Å². The lowest BCUT2D eigenvalue weighted by Crippen LogP contribution is -2.47. The van der Waals surface area contributed by atoms with Crippen LogP contribution in [0.4, 0.5) is 5.69 Å². The molecule has 0 bridgehead atoms. The van der Waals surface area contributed by atoms with Gasteiger partial charge in [-0.25, -0.2) is 0 Å². The van der Waals surface area contributed by atoms with Crippen LogP contribution in [0.1, 0.15) is 18.4 Å². The number of nitrogens with one attached hydrogen (secondary N) is 1. The molecule has 0 amide bonds. The van der Waals surface area contributed by atoms with Crippen molar-refractivity contribution >= 4 is 27.5 Å². The molecule has 5 heteroatoms. The Hall–Kier alpha value is -1.07. The Morgan fingerprint density at radius 3 is 2.47 bits per heavy atom. The van der Waals surface area contributed by atoms with Crippen LogP contribution < -0.4 is 10.6 Å². The summed E-state index contributed by atoms with van der Waals surface area (Å²) in [7, 11) is 0. The van der Waals surface area contributed by atoms with E-state index in [0.717, 1.165) is 47.9 Å². The molecular weight excluding hydrogens is 304 g/mol. The van der Waals surface area contributed by atoms with E-state index in [1.54, 1.807) is 0 Å². The maximum atomic E-state index is 7.71. The molecule has 0 aromatic heterocycles. The second kappa shape index (κ2) is 5.13. The number of nitrogen functional groups attached to an aromatic ring is 1. The predicted octanol–water partition coefficient (Wildman–Crippen LogP) is 2.02. The third-order valence-electron chi connectivity index (χ3n) is 3.97. The van der Waals surface area contributed by atoms with E-state index in [0.29, 0.717) is 0 Å². The summed E-state index contributed by atoms with van der Waals surface area (Å²) in [6, 6.07) is 6.79. The van der Waals surface area contributed by atoms with Gasteiger partial charge in [-0.1, -0.05) is 15.9 Å². The fourth-order valence-corrected chi connectivity index (χ4v) is 3.11. The van der Waals surface area contributed by atoms with Gasteiger partial charge in [0.1, 0.15) is 5.84 Å². The van der Waals surface area contributed by atoms with Crippen molar-refractivity contribution in [3.8, 4) is 0 Å². The highest BCUT2D eigenvalue weighted by atomic mass is 79.9. The normalized spacial score (nSPS) is 20.6. The van der Waals surface area contributed by atoms with Gasteiger partial charge in [-0.05, 0) is 31.0 Å². The number of nitrogens with zero attached hydrogens (tertiary/aromatic N) is 2. The summed E-state index contributed by atoms with van der Waals surface area (Å²) in [6.45, 7) is 4.28. The number of hydrogen-bond acceptors (Lipinski definition) is 3. The SMILES string of the molecule is N=C(N)c1ccc(Br)cc1N1CCN(C2CC2)CC1. The van der Waals surface area contributed by atoms with Gasteiger partial charge in [0.15, 0.2) is 0 Å². The van der Waals surface area contributed by atoms with Crippen LogP contribution >= 0.6 is 15.9 Å². The molecule has 4 nitrogen and oxygen atoms in total. The maximum absolute atomic E-state index is 7.71. The van der Waals surface area contributed by atoms with Gasteiger partial charge in [0.05, 0.1) is 0 Å². The smallest absolute Gasteiger partial charge is 0.124 e. The highest BCUT2D eigenvalue weighted by Gasteiger charge is 2.31. The summed E-state index contributed by atoms with van der Waals surface area (Å²) in [4.78, 5) is 4.93. The van der Waals surface area contributed by atoms with E-state index in [-0.39, 0.29) is 5.84 Å². The first-order valence-electron chi connectivity index (χ1n) is 6.78. The number of benzene rings is 1. The van der Waals surface area contributed by atoms with E-state index >= 15 is 0 Å². The topological polar surface area (TPSA) is 56.4 Å². The molecule has 1 saturated carbocycles. The Kier molecular flexibility index (Phi) is 3.50. The van der Waals surface area contributed by atoms with E-state index in [1.165, 1.54) is 12.8 Å². The van der Waals surface area contributed by atoms with E-state index in [2.05, 4.69) is 31.8 Å². The maximum Gasteiger partial charge on any atom is 0.124 e. The first kappa shape index (κ1) is 12.9. The number of amidine groups is 1. The highest BCUT2D eigenvalue weighted by Crippen LogP contribution is 2.30. The summed E-state index contributed by atoms with van der Waals surface area (Å²) < 4.78 is 1.04. The quantitative estimate of drug-likeness (QED) is 0.661. The lowest BCUT2D eigenvalue weighted by atomic mass is 10.1. The molecule has 2 fully saturated rings. The lowest BCUT2D eigenvalue weighted by Gasteiger charge is -2.37. The molecular formula is C14H19BrN4. The van der Waals surface area contributed by atoms with Crippen LogP contribution in [0.25, 0.3) is 0 Å². The highest BCUT2D eigenvalue weighted by molar-refractivity contribution is 9.10. The second-order valence-corrected chi connectivity index (χ2v) is 6.25. The van der Waals surface area contributed by atoms with Crippen LogP contribution in [0, 0.1) is 5.41 Å². The number of halogens is 1. The van der Waals surface area contributed by atoms with Gasteiger partial charge in [-0.3, -0.25) is 10.3 Å². The van der Waals surface area contributed by atoms with Gasteiger partial charge >= 0.3 is 0 Å². The third kappa shape index (κ3) is 2.77. The van der Waals surface area contributed by atoms with E-state index < -0.39 is 0 Å². The van der Waals surface area contributed by atoms with Gasteiger partial charge in [-0.15, -0.1) is 0 Å². The molecule has 1 aromatic carbocycles. The molecule has 3 N–H and O–H groups in total. The predicted molar refractivity (Wildman–Crippen MR) is 82.0 cm³/mol. The van der Waals surface area contributed by atoms with Crippen molar-refractivity contribution in [2.45, 2.75) is 18.9 Å². The average Bonchev–Trinajstić information content (AvgIpc) is 3.23. The van der Waals surface area contributed by atoms with Gasteiger partial charge in [0.2, 0.25) is 0 Å². The Morgan fingerprint density at radius 2 is 1.89 bits per heavy atom. The molecule has 0 radical (unpaired) electrons. The zero-order valence-corrected chi connectivity index (χ0v) is 12.5. The van der Waals surface area contributed by atoms with Crippen molar-refractivity contribution < 1.29 is 0 Å². The van der Waals surface area contributed by atoms with Gasteiger partial charge < -0.3 is 10.6 Å². The van der Waals surface area contributed by atoms with Gasteiger partial charge in [-0.2, -0.15) is 0 Å². The molecule has 19 heavy (non-hydrogen) atoms. The molecule has 0 unspecified atom stereocenters. The molecule has 1 aliphatic heterocycles. The fourth-order valence-electron chi connectivity index (χ4n) is 2.76. The van der Waals surface area contributed by atoms with Gasteiger partial charge in [0.25, 0.3) is 0 Å². The van der Waals surface area contributed by atoms with Crippen molar-refractivity contribution in [1.29, 1.82) is 5.41 Å². The summed E-state index contributed by atoms with van der Waals surface area (Å²) in [5, 5.41) is 7.71. The number of piperazine rings is 1. The Morgan fingerprint density at radius 1 is 1.21 bits per heavy atom. The number of rotatable bonds is 3. The molecule has 1 aliphatic carbocycles. The summed E-state index contributed by atoms with van der Waals surface area (Å²) >= 11 is 3.51. The van der Waals surface area contributed by atoms with Crippen molar-refractivity contribution in [1.82, 2.24) is 4.90 Å². The Balaban J connectivity index is 1.78. The van der Waals surface area contributed by atoms with Crippen LogP contribution in [-0.2, 0) is 0 Å². The van der Waals surface area contributed by atoms with Crippen LogP contribution in [0.5, 0.6) is 0 Å². The van der Waals surface area contributed by atoms with Crippen molar-refractivity contribution in [2.75, 3.05) is 31.1 Å². The molecule has 0 atom stereocenters. The lowest BCUT2D eigenvalue weighted by molar-refractivity contribution is 0.248. The summed E-state index contributed by atoms with van der Waals surface area (Å²) in [6.07, 6.45) is 2.74. The Bertz CT molecular complexity index is 490. The average molecular weight is 323 g/mol. The first-order chi connectivity index (χ1) is 9.15. The van der Waals surface area contributed by atoms with E-state index in [4.69, 9.17) is 11.1 Å². The van der Waals surface area contributed by atoms with E-state index in [1.807, 2.05) is 12.1 Å². The number of nitrogens with two attached hydrogens (primary N) is 1. The van der Waals surface area contributed by atoms with Crippen molar-refractivity contribution in [3.63, 3.8) is 0 Å². The van der Waals surface area contributed by atoms with Crippen molar-refractivity contribution in [2.24, 2.45) is 5.73 Å². The molecule has 1 aromatic rings. The third-order valence-corrected chi connectivity index (χ3v) is 4.46. The zero-order chi connectivity index (χ0) is 13.4. The molecule has 3 rings (SSSR count). The number of anilines is 1. The second-order valence-electron chi connectivity index (χ2n) is 5.33. The minimum atomic E-state index is 0.145. The fraction of sp³-hybridized carbons (Fsp3) is 0.500. The monoisotopic (exact) mass is 322 g/mol. The summed E-state index contributed by atoms with van der Waals surface area (Å²) in [5.74, 6) is 0.145. The Labute approximate surface area is 122 Å². The molecule has 1 saturated heterocycles. The molecule has 0 spiro atoms. The van der Waals surface area contributed by atoms with Crippen molar-refractivity contribution in [3.05, 3.63) is 28.2 Å². The van der Waals surface area contributed by atoms with Crippen LogP contribution in [0.2, 0.25) is 0 Å². The van der Waals surface area contributed by atoms with Crippen LogP contribution in [0.15, 0.2) is 22.7 Å².